The number of thiocarbonyl (C=S) groups is 1. The Morgan fingerprint density at radius 1 is 1.11 bits per heavy atom. The number of rotatable bonds is 8. The first-order valence-electron chi connectivity index (χ1n) is 8.73. The van der Waals surface area contributed by atoms with Gasteiger partial charge in [0.1, 0.15) is 5.75 Å². The molecule has 0 spiro atoms. The van der Waals surface area contributed by atoms with E-state index in [4.69, 9.17) is 28.6 Å². The normalized spacial score (nSPS) is 10.2. The van der Waals surface area contributed by atoms with Gasteiger partial charge in [-0.05, 0) is 48.8 Å². The minimum absolute atomic E-state index is 0.00112. The Labute approximate surface area is 173 Å². The molecule has 2 aromatic carbocycles. The molecule has 0 aromatic heterocycles. The Hall–Kier alpha value is -2.64. The second-order valence-corrected chi connectivity index (χ2v) is 6.82. The number of ether oxygens (including phenoxy) is 1. The SMILES string of the molecule is O=C(CCC(=O)OCCCc1ccccc1)NC(=S)Nc1cc(Cl)ccc1O. The monoisotopic (exact) mass is 420 g/mol. The number of aryl methyl sites for hydroxylation is 1. The van der Waals surface area contributed by atoms with E-state index in [1.165, 1.54) is 23.8 Å². The molecule has 3 N–H and O–H groups in total. The number of benzene rings is 2. The Bertz CT molecular complexity index is 830. The minimum atomic E-state index is -0.436. The molecule has 0 radical (unpaired) electrons. The summed E-state index contributed by atoms with van der Waals surface area (Å²) in [6.45, 7) is 0.309. The molecule has 0 bridgehead atoms. The summed E-state index contributed by atoms with van der Waals surface area (Å²) in [5, 5.41) is 15.2. The standard InChI is InChI=1S/C20H21ClN2O4S/c21-15-8-9-17(24)16(13-15)22-20(28)23-18(25)10-11-19(26)27-12-4-7-14-5-2-1-3-6-14/h1-3,5-6,8-9,13,24H,4,7,10-12H2,(H2,22,23,25,28). The number of phenols is 1. The maximum atomic E-state index is 11.9. The van der Waals surface area contributed by atoms with Crippen molar-refractivity contribution in [2.75, 3.05) is 11.9 Å². The fraction of sp³-hybridized carbons (Fsp3) is 0.250. The Kier molecular flexibility index (Phi) is 8.71. The van der Waals surface area contributed by atoms with Gasteiger partial charge >= 0.3 is 5.97 Å². The number of aromatic hydroxyl groups is 1. The lowest BCUT2D eigenvalue weighted by Crippen LogP contribution is -2.34. The summed E-state index contributed by atoms with van der Waals surface area (Å²) in [4.78, 5) is 23.6. The molecule has 0 saturated heterocycles. The summed E-state index contributed by atoms with van der Waals surface area (Å²) in [5.74, 6) is -0.921. The zero-order valence-electron chi connectivity index (χ0n) is 15.1. The van der Waals surface area contributed by atoms with Gasteiger partial charge in [-0.25, -0.2) is 0 Å². The van der Waals surface area contributed by atoms with E-state index in [0.717, 1.165) is 12.8 Å². The molecule has 2 aromatic rings. The van der Waals surface area contributed by atoms with Crippen LogP contribution in [0.3, 0.4) is 0 Å². The van der Waals surface area contributed by atoms with Crippen LogP contribution in [0.5, 0.6) is 5.75 Å². The van der Waals surface area contributed by atoms with Gasteiger partial charge in [0, 0.05) is 11.4 Å². The van der Waals surface area contributed by atoms with Crippen molar-refractivity contribution in [1.29, 1.82) is 0 Å². The van der Waals surface area contributed by atoms with E-state index in [-0.39, 0.29) is 29.4 Å². The van der Waals surface area contributed by atoms with Crippen LogP contribution in [-0.4, -0.2) is 28.7 Å². The van der Waals surface area contributed by atoms with Crippen LogP contribution in [0.2, 0.25) is 5.02 Å². The third-order valence-electron chi connectivity index (χ3n) is 3.73. The zero-order chi connectivity index (χ0) is 20.4. The average molecular weight is 421 g/mol. The molecule has 0 heterocycles. The van der Waals surface area contributed by atoms with Gasteiger partial charge in [0.05, 0.1) is 18.7 Å². The largest absolute Gasteiger partial charge is 0.506 e. The topological polar surface area (TPSA) is 87.7 Å². The van der Waals surface area contributed by atoms with Crippen LogP contribution in [0.15, 0.2) is 48.5 Å². The quantitative estimate of drug-likeness (QED) is 0.260. The fourth-order valence-corrected chi connectivity index (χ4v) is 2.74. The number of phenolic OH excluding ortho intramolecular Hbond substituents is 1. The number of carbonyl (C=O) groups excluding carboxylic acids is 2. The van der Waals surface area contributed by atoms with E-state index in [1.807, 2.05) is 30.3 Å². The van der Waals surface area contributed by atoms with Crippen molar-refractivity contribution in [3.8, 4) is 5.75 Å². The molecule has 0 fully saturated rings. The Morgan fingerprint density at radius 3 is 2.61 bits per heavy atom. The Balaban J connectivity index is 1.62. The van der Waals surface area contributed by atoms with Crippen LogP contribution in [0.25, 0.3) is 0 Å². The molecule has 8 heteroatoms. The number of hydrogen-bond donors (Lipinski definition) is 3. The average Bonchev–Trinajstić information content (AvgIpc) is 2.67. The fourth-order valence-electron chi connectivity index (χ4n) is 2.35. The van der Waals surface area contributed by atoms with Crippen LogP contribution in [0.1, 0.15) is 24.8 Å². The highest BCUT2D eigenvalue weighted by Gasteiger charge is 2.11. The predicted octanol–water partition coefficient (Wildman–Crippen LogP) is 3.81. The van der Waals surface area contributed by atoms with Gasteiger partial charge in [-0.15, -0.1) is 0 Å². The number of carbonyl (C=O) groups is 2. The number of anilines is 1. The van der Waals surface area contributed by atoms with E-state index in [2.05, 4.69) is 10.6 Å². The number of nitrogens with one attached hydrogen (secondary N) is 2. The van der Waals surface area contributed by atoms with Crippen LogP contribution in [0.4, 0.5) is 5.69 Å². The van der Waals surface area contributed by atoms with Gasteiger partial charge < -0.3 is 20.5 Å². The second-order valence-electron chi connectivity index (χ2n) is 5.97. The lowest BCUT2D eigenvalue weighted by Gasteiger charge is -2.11. The first-order chi connectivity index (χ1) is 13.4. The maximum Gasteiger partial charge on any atom is 0.306 e. The maximum absolute atomic E-state index is 11.9. The van der Waals surface area contributed by atoms with E-state index in [9.17, 15) is 14.7 Å². The summed E-state index contributed by atoms with van der Waals surface area (Å²) in [5.41, 5.74) is 1.46. The summed E-state index contributed by atoms with van der Waals surface area (Å²) >= 11 is 10.9. The summed E-state index contributed by atoms with van der Waals surface area (Å²) in [6, 6.07) is 14.3. The minimum Gasteiger partial charge on any atom is -0.506 e. The summed E-state index contributed by atoms with van der Waals surface area (Å²) in [6.07, 6.45) is 1.45. The van der Waals surface area contributed by atoms with Crippen molar-refractivity contribution in [2.24, 2.45) is 0 Å². The van der Waals surface area contributed by atoms with Gasteiger partial charge in [-0.3, -0.25) is 9.59 Å². The number of amides is 1. The van der Waals surface area contributed by atoms with Crippen molar-refractivity contribution in [3.63, 3.8) is 0 Å². The van der Waals surface area contributed by atoms with Gasteiger partial charge in [0.25, 0.3) is 0 Å². The van der Waals surface area contributed by atoms with Crippen LogP contribution in [0, 0.1) is 0 Å². The van der Waals surface area contributed by atoms with Crippen LogP contribution >= 0.6 is 23.8 Å². The molecule has 0 aliphatic carbocycles. The van der Waals surface area contributed by atoms with Crippen molar-refractivity contribution in [2.45, 2.75) is 25.7 Å². The van der Waals surface area contributed by atoms with Crippen molar-refractivity contribution in [3.05, 3.63) is 59.1 Å². The highest BCUT2D eigenvalue weighted by atomic mass is 35.5. The first kappa shape index (κ1) is 21.7. The molecule has 2 rings (SSSR count). The van der Waals surface area contributed by atoms with Crippen molar-refractivity contribution < 1.29 is 19.4 Å². The molecule has 148 valence electrons. The molecular formula is C20H21ClN2O4S. The van der Waals surface area contributed by atoms with E-state index >= 15 is 0 Å². The highest BCUT2D eigenvalue weighted by molar-refractivity contribution is 7.80. The van der Waals surface area contributed by atoms with E-state index in [1.54, 1.807) is 0 Å². The molecule has 0 saturated carbocycles. The van der Waals surface area contributed by atoms with Crippen molar-refractivity contribution in [1.82, 2.24) is 5.32 Å². The predicted molar refractivity (Wildman–Crippen MR) is 112 cm³/mol. The van der Waals surface area contributed by atoms with Gasteiger partial charge in [0.2, 0.25) is 5.91 Å². The van der Waals surface area contributed by atoms with Crippen LogP contribution in [-0.2, 0) is 20.7 Å². The molecule has 0 aliphatic heterocycles. The lowest BCUT2D eigenvalue weighted by molar-refractivity contribution is -0.145. The summed E-state index contributed by atoms with van der Waals surface area (Å²) < 4.78 is 5.13. The van der Waals surface area contributed by atoms with E-state index in [0.29, 0.717) is 11.6 Å². The van der Waals surface area contributed by atoms with Gasteiger partial charge in [-0.2, -0.15) is 0 Å². The van der Waals surface area contributed by atoms with Crippen LogP contribution < -0.4 is 10.6 Å². The zero-order valence-corrected chi connectivity index (χ0v) is 16.7. The molecular weight excluding hydrogens is 400 g/mol. The molecule has 28 heavy (non-hydrogen) atoms. The Morgan fingerprint density at radius 2 is 1.86 bits per heavy atom. The van der Waals surface area contributed by atoms with Crippen molar-refractivity contribution >= 4 is 46.5 Å². The molecule has 0 atom stereocenters. The molecule has 6 nitrogen and oxygen atoms in total. The molecule has 0 unspecified atom stereocenters. The lowest BCUT2D eigenvalue weighted by atomic mass is 10.1. The van der Waals surface area contributed by atoms with Gasteiger partial charge in [-0.1, -0.05) is 41.9 Å². The number of halogens is 1. The summed E-state index contributed by atoms with van der Waals surface area (Å²) in [7, 11) is 0. The first-order valence-corrected chi connectivity index (χ1v) is 9.51. The highest BCUT2D eigenvalue weighted by Crippen LogP contribution is 2.26. The smallest absolute Gasteiger partial charge is 0.306 e. The second kappa shape index (κ2) is 11.3. The number of hydrogen-bond acceptors (Lipinski definition) is 5. The third kappa shape index (κ3) is 7.94. The van der Waals surface area contributed by atoms with E-state index < -0.39 is 11.9 Å². The third-order valence-corrected chi connectivity index (χ3v) is 4.17. The molecule has 0 aliphatic rings. The van der Waals surface area contributed by atoms with Gasteiger partial charge in [0.15, 0.2) is 5.11 Å². The number of esters is 1. The molecule has 1 amide bonds.